The van der Waals surface area contributed by atoms with Crippen molar-refractivity contribution in [1.82, 2.24) is 0 Å². The number of rotatable bonds is 3. The molecule has 0 radical (unpaired) electrons. The monoisotopic (exact) mass is 292 g/mol. The summed E-state index contributed by atoms with van der Waals surface area (Å²) in [6.07, 6.45) is 0.566. The van der Waals surface area contributed by atoms with Gasteiger partial charge in [-0.25, -0.2) is 4.99 Å². The molecule has 0 amide bonds. The van der Waals surface area contributed by atoms with Gasteiger partial charge in [-0.2, -0.15) is 5.26 Å². The minimum absolute atomic E-state index is 0.381. The lowest BCUT2D eigenvalue weighted by molar-refractivity contribution is 0.562. The molecular formula is C18H20N4. The standard InChI is InChI=1S/C18H20N4/c1-12(2)7-8-22-17-10-14-6-4-3-5-13(14)9-15(17)21-16(11-19)18(22)20/h3-6,9-10,12,18H,7-8,20H2,1-2H3. The van der Waals surface area contributed by atoms with Crippen LogP contribution in [0.1, 0.15) is 20.3 Å². The van der Waals surface area contributed by atoms with E-state index in [1.54, 1.807) is 0 Å². The number of nitriles is 1. The van der Waals surface area contributed by atoms with Crippen LogP contribution >= 0.6 is 0 Å². The van der Waals surface area contributed by atoms with Crippen molar-refractivity contribution in [3.8, 4) is 6.07 Å². The van der Waals surface area contributed by atoms with E-state index < -0.39 is 6.17 Å². The first kappa shape index (κ1) is 14.6. The number of nitrogens with zero attached hydrogens (tertiary/aromatic N) is 3. The summed E-state index contributed by atoms with van der Waals surface area (Å²) in [6.45, 7) is 5.21. The minimum atomic E-state index is -0.461. The largest absolute Gasteiger partial charge is 0.348 e. The highest BCUT2D eigenvalue weighted by molar-refractivity contribution is 6.09. The fraction of sp³-hybridized carbons (Fsp3) is 0.333. The van der Waals surface area contributed by atoms with Crippen molar-refractivity contribution < 1.29 is 0 Å². The molecule has 1 unspecified atom stereocenters. The van der Waals surface area contributed by atoms with Crippen LogP contribution in [0.3, 0.4) is 0 Å². The second-order valence-electron chi connectivity index (χ2n) is 6.12. The SMILES string of the molecule is CC(C)CCN1c2cc3ccccc3cc2N=C(C#N)C1N. The Balaban J connectivity index is 2.12. The second-order valence-corrected chi connectivity index (χ2v) is 6.12. The summed E-state index contributed by atoms with van der Waals surface area (Å²) >= 11 is 0. The molecule has 0 aliphatic carbocycles. The number of benzene rings is 2. The molecule has 1 heterocycles. The van der Waals surface area contributed by atoms with E-state index in [1.807, 2.05) is 18.2 Å². The third-order valence-corrected chi connectivity index (χ3v) is 4.07. The summed E-state index contributed by atoms with van der Waals surface area (Å²) < 4.78 is 0. The highest BCUT2D eigenvalue weighted by Gasteiger charge is 2.27. The highest BCUT2D eigenvalue weighted by atomic mass is 15.3. The van der Waals surface area contributed by atoms with Crippen molar-refractivity contribution in [3.05, 3.63) is 36.4 Å². The van der Waals surface area contributed by atoms with Crippen LogP contribution in [0.15, 0.2) is 41.4 Å². The molecule has 4 heteroatoms. The molecule has 0 fully saturated rings. The van der Waals surface area contributed by atoms with Crippen molar-refractivity contribution in [3.63, 3.8) is 0 Å². The number of nitrogens with two attached hydrogens (primary N) is 1. The van der Waals surface area contributed by atoms with Gasteiger partial charge in [0.25, 0.3) is 0 Å². The molecule has 0 saturated carbocycles. The van der Waals surface area contributed by atoms with E-state index in [0.29, 0.717) is 11.6 Å². The average Bonchev–Trinajstić information content (AvgIpc) is 2.51. The molecule has 0 bridgehead atoms. The van der Waals surface area contributed by atoms with Gasteiger partial charge in [0.2, 0.25) is 0 Å². The van der Waals surface area contributed by atoms with Gasteiger partial charge in [0.05, 0.1) is 11.4 Å². The molecule has 22 heavy (non-hydrogen) atoms. The van der Waals surface area contributed by atoms with E-state index in [-0.39, 0.29) is 0 Å². The first-order valence-corrected chi connectivity index (χ1v) is 7.64. The number of aliphatic imine (C=N–C) groups is 1. The molecule has 3 rings (SSSR count). The second kappa shape index (κ2) is 5.78. The van der Waals surface area contributed by atoms with E-state index in [4.69, 9.17) is 5.73 Å². The smallest absolute Gasteiger partial charge is 0.155 e. The topological polar surface area (TPSA) is 65.4 Å². The van der Waals surface area contributed by atoms with E-state index >= 15 is 0 Å². The van der Waals surface area contributed by atoms with Crippen LogP contribution in [-0.2, 0) is 0 Å². The van der Waals surface area contributed by atoms with Gasteiger partial charge in [-0.05, 0) is 35.2 Å². The number of hydrogen-bond acceptors (Lipinski definition) is 4. The lowest BCUT2D eigenvalue weighted by atomic mass is 10.0. The molecule has 112 valence electrons. The fourth-order valence-electron chi connectivity index (χ4n) is 2.78. The Morgan fingerprint density at radius 3 is 2.59 bits per heavy atom. The highest BCUT2D eigenvalue weighted by Crippen LogP contribution is 2.37. The van der Waals surface area contributed by atoms with Crippen molar-refractivity contribution in [2.24, 2.45) is 16.6 Å². The molecule has 1 atom stereocenters. The van der Waals surface area contributed by atoms with Crippen molar-refractivity contribution in [2.45, 2.75) is 26.4 Å². The third kappa shape index (κ3) is 2.56. The summed E-state index contributed by atoms with van der Waals surface area (Å²) in [5.41, 5.74) is 8.49. The van der Waals surface area contributed by atoms with Crippen LogP contribution < -0.4 is 10.6 Å². The Bertz CT molecular complexity index is 770. The summed E-state index contributed by atoms with van der Waals surface area (Å²) in [5.74, 6) is 0.584. The van der Waals surface area contributed by atoms with Crippen LogP contribution in [0.2, 0.25) is 0 Å². The van der Waals surface area contributed by atoms with Gasteiger partial charge in [0.15, 0.2) is 5.71 Å². The number of fused-ring (bicyclic) bond motifs is 2. The molecule has 0 aromatic heterocycles. The lowest BCUT2D eigenvalue weighted by Crippen LogP contribution is -2.49. The van der Waals surface area contributed by atoms with Gasteiger partial charge in [-0.3, -0.25) is 0 Å². The normalized spacial score (nSPS) is 17.3. The van der Waals surface area contributed by atoms with E-state index in [9.17, 15) is 5.26 Å². The van der Waals surface area contributed by atoms with Gasteiger partial charge in [-0.1, -0.05) is 38.1 Å². The van der Waals surface area contributed by atoms with Crippen LogP contribution in [0.25, 0.3) is 10.8 Å². The Hall–Kier alpha value is -2.38. The molecule has 2 N–H and O–H groups in total. The summed E-state index contributed by atoms with van der Waals surface area (Å²) in [7, 11) is 0. The van der Waals surface area contributed by atoms with Crippen LogP contribution in [0.4, 0.5) is 11.4 Å². The zero-order chi connectivity index (χ0) is 15.7. The summed E-state index contributed by atoms with van der Waals surface area (Å²) in [4.78, 5) is 6.57. The first-order chi connectivity index (χ1) is 10.6. The molecule has 4 nitrogen and oxygen atoms in total. The number of hydrogen-bond donors (Lipinski definition) is 1. The minimum Gasteiger partial charge on any atom is -0.348 e. The molecule has 0 saturated heterocycles. The van der Waals surface area contributed by atoms with Gasteiger partial charge >= 0.3 is 0 Å². The molecule has 0 spiro atoms. The van der Waals surface area contributed by atoms with E-state index in [0.717, 1.165) is 29.7 Å². The zero-order valence-electron chi connectivity index (χ0n) is 13.0. The number of anilines is 1. The fourth-order valence-corrected chi connectivity index (χ4v) is 2.78. The van der Waals surface area contributed by atoms with Crippen LogP contribution in [-0.4, -0.2) is 18.4 Å². The molecule has 1 aliphatic rings. The Kier molecular flexibility index (Phi) is 3.82. The maximum absolute atomic E-state index is 9.31. The maximum atomic E-state index is 9.31. The first-order valence-electron chi connectivity index (χ1n) is 7.64. The molecular weight excluding hydrogens is 272 g/mol. The van der Waals surface area contributed by atoms with E-state index in [2.05, 4.69) is 48.0 Å². The predicted molar refractivity (Wildman–Crippen MR) is 91.4 cm³/mol. The van der Waals surface area contributed by atoms with Gasteiger partial charge in [0, 0.05) is 6.54 Å². The lowest BCUT2D eigenvalue weighted by Gasteiger charge is -2.35. The van der Waals surface area contributed by atoms with Crippen molar-refractivity contribution in [1.29, 1.82) is 5.26 Å². The van der Waals surface area contributed by atoms with Gasteiger partial charge in [-0.15, -0.1) is 0 Å². The Morgan fingerprint density at radius 2 is 1.95 bits per heavy atom. The summed E-state index contributed by atoms with van der Waals surface area (Å²) in [5, 5.41) is 11.6. The Morgan fingerprint density at radius 1 is 1.27 bits per heavy atom. The zero-order valence-corrected chi connectivity index (χ0v) is 13.0. The molecule has 1 aliphatic heterocycles. The average molecular weight is 292 g/mol. The Labute approximate surface area is 130 Å². The van der Waals surface area contributed by atoms with E-state index in [1.165, 1.54) is 5.39 Å². The van der Waals surface area contributed by atoms with Gasteiger partial charge in [0.1, 0.15) is 12.2 Å². The van der Waals surface area contributed by atoms with Crippen LogP contribution in [0.5, 0.6) is 0 Å². The van der Waals surface area contributed by atoms with Crippen molar-refractivity contribution >= 4 is 27.9 Å². The third-order valence-electron chi connectivity index (χ3n) is 4.07. The summed E-state index contributed by atoms with van der Waals surface area (Å²) in [6, 6.07) is 14.5. The molecule has 2 aromatic carbocycles. The van der Waals surface area contributed by atoms with Gasteiger partial charge < -0.3 is 10.6 Å². The quantitative estimate of drug-likeness (QED) is 0.940. The molecule has 2 aromatic rings. The van der Waals surface area contributed by atoms with Crippen LogP contribution in [0, 0.1) is 17.2 Å². The van der Waals surface area contributed by atoms with Crippen molar-refractivity contribution in [2.75, 3.05) is 11.4 Å². The maximum Gasteiger partial charge on any atom is 0.155 e. The predicted octanol–water partition coefficient (Wildman–Crippen LogP) is 3.59.